The van der Waals surface area contributed by atoms with Gasteiger partial charge in [0.1, 0.15) is 0 Å². The van der Waals surface area contributed by atoms with Gasteiger partial charge in [-0.3, -0.25) is 0 Å². The lowest BCUT2D eigenvalue weighted by atomic mass is 10.2. The van der Waals surface area contributed by atoms with Gasteiger partial charge in [0, 0.05) is 12.2 Å². The fourth-order valence-corrected chi connectivity index (χ4v) is 6.38. The maximum Gasteiger partial charge on any atom is 0.226 e. The molecule has 0 aliphatic carbocycles. The molecule has 0 N–H and O–H groups in total. The molecule has 3 aromatic rings. The summed E-state index contributed by atoms with van der Waals surface area (Å²) in [6.45, 7) is 24.6. The smallest absolute Gasteiger partial charge is 0.226 e. The summed E-state index contributed by atoms with van der Waals surface area (Å²) in [5, 5.41) is 0.431. The number of para-hydroxylation sites is 1. The van der Waals surface area contributed by atoms with Crippen molar-refractivity contribution in [3.05, 3.63) is 41.4 Å². The second-order valence-electron chi connectivity index (χ2n) is 13.5. The van der Waals surface area contributed by atoms with E-state index in [0.717, 1.165) is 30.0 Å². The summed E-state index contributed by atoms with van der Waals surface area (Å²) in [5.74, 6) is 0.748. The van der Waals surface area contributed by atoms with Crippen molar-refractivity contribution in [1.29, 1.82) is 0 Å². The number of imidazole rings is 1. The lowest BCUT2D eigenvalue weighted by molar-refractivity contribution is 0.163. The number of hydrogen-bond donors (Lipinski definition) is 0. The molecule has 0 fully saturated rings. The van der Waals surface area contributed by atoms with Crippen LogP contribution in [0, 0.1) is 0 Å². The predicted molar refractivity (Wildman–Crippen MR) is 163 cm³/mol. The second-order valence-corrected chi connectivity index (χ2v) is 23.4. The van der Waals surface area contributed by atoms with Crippen LogP contribution in [0.1, 0.15) is 53.1 Å². The van der Waals surface area contributed by atoms with Gasteiger partial charge in [-0.2, -0.15) is 9.97 Å². The van der Waals surface area contributed by atoms with Crippen LogP contribution in [0.15, 0.2) is 30.6 Å². The molecule has 208 valence electrons. The molecule has 1 aromatic carbocycles. The van der Waals surface area contributed by atoms with Crippen LogP contribution in [-0.4, -0.2) is 55.9 Å². The van der Waals surface area contributed by atoms with Gasteiger partial charge in [-0.25, -0.2) is 4.98 Å². The van der Waals surface area contributed by atoms with Crippen molar-refractivity contribution in [1.82, 2.24) is 19.5 Å². The number of benzene rings is 1. The van der Waals surface area contributed by atoms with Gasteiger partial charge < -0.3 is 18.3 Å². The van der Waals surface area contributed by atoms with Crippen LogP contribution in [0.4, 0.5) is 11.5 Å². The summed E-state index contributed by atoms with van der Waals surface area (Å²) in [5.41, 5.74) is 3.92. The first kappa shape index (κ1) is 29.2. The third-order valence-corrected chi connectivity index (χ3v) is 18.0. The number of hydrogen-bond acceptors (Lipinski definition) is 6. The number of fused-ring (bicyclic) bond motifs is 2. The molecule has 7 nitrogen and oxygen atoms in total. The first-order chi connectivity index (χ1) is 17.5. The predicted octanol–water partition coefficient (Wildman–Crippen LogP) is 7.76. The van der Waals surface area contributed by atoms with Crippen molar-refractivity contribution < 1.29 is 8.85 Å². The Bertz CT molecular complexity index is 1270. The molecule has 4 rings (SSSR count). The monoisotopic (exact) mass is 573 g/mol. The van der Waals surface area contributed by atoms with Crippen LogP contribution in [0.25, 0.3) is 11.2 Å². The Kier molecular flexibility index (Phi) is 7.93. The molecule has 10 heteroatoms. The molecular weight excluding hydrogens is 530 g/mol. The van der Waals surface area contributed by atoms with Crippen molar-refractivity contribution >= 4 is 50.9 Å². The van der Waals surface area contributed by atoms with E-state index in [0.29, 0.717) is 18.9 Å². The van der Waals surface area contributed by atoms with E-state index in [1.54, 1.807) is 0 Å². The zero-order valence-corrected chi connectivity index (χ0v) is 27.5. The maximum absolute atomic E-state index is 6.73. The van der Waals surface area contributed by atoms with Gasteiger partial charge >= 0.3 is 0 Å². The van der Waals surface area contributed by atoms with Gasteiger partial charge in [-0.05, 0) is 65.9 Å². The van der Waals surface area contributed by atoms with Gasteiger partial charge in [0.2, 0.25) is 5.28 Å². The van der Waals surface area contributed by atoms with Crippen LogP contribution in [0.5, 0.6) is 0 Å². The first-order valence-corrected chi connectivity index (χ1v) is 19.7. The third-order valence-electron chi connectivity index (χ3n) is 8.80. The van der Waals surface area contributed by atoms with E-state index in [1.807, 2.05) is 6.33 Å². The molecule has 38 heavy (non-hydrogen) atoms. The summed E-state index contributed by atoms with van der Waals surface area (Å²) in [7, 11) is -3.97. The van der Waals surface area contributed by atoms with E-state index in [9.17, 15) is 0 Å². The molecule has 1 aliphatic rings. The molecule has 0 saturated carbocycles. The lowest BCUT2D eigenvalue weighted by Crippen LogP contribution is -2.44. The molecule has 3 heterocycles. The molecular formula is C28H44ClN5O2Si2. The van der Waals surface area contributed by atoms with Gasteiger partial charge in [-0.1, -0.05) is 59.7 Å². The number of nitrogens with zero attached hydrogens (tertiary/aromatic N) is 5. The normalized spacial score (nSPS) is 15.1. The molecule has 1 aliphatic heterocycles. The molecule has 0 unspecified atom stereocenters. The minimum Gasteiger partial charge on any atom is -0.415 e. The minimum absolute atomic E-state index is 0.0899. The number of halogens is 1. The Labute approximate surface area is 235 Å². The molecule has 0 saturated heterocycles. The fraction of sp³-hybridized carbons (Fsp3) is 0.607. The summed E-state index contributed by atoms with van der Waals surface area (Å²) in [6.07, 6.45) is 2.82. The van der Waals surface area contributed by atoms with Crippen molar-refractivity contribution in [2.75, 3.05) is 24.7 Å². The SMILES string of the molecule is CC(C)(C)[Si](C)(C)OCC(CO[Si](C)(C)C(C)(C)C)n1cnc2c(N3CCc4ccccc43)nc(Cl)nc21. The fourth-order valence-electron chi connectivity index (χ4n) is 4.14. The number of anilines is 2. The van der Waals surface area contributed by atoms with Crippen LogP contribution in [0.2, 0.25) is 41.5 Å². The Morgan fingerprint density at radius 2 is 1.50 bits per heavy atom. The van der Waals surface area contributed by atoms with Crippen molar-refractivity contribution in [2.24, 2.45) is 0 Å². The van der Waals surface area contributed by atoms with E-state index in [4.69, 9.17) is 25.4 Å². The molecule has 2 aromatic heterocycles. The molecule has 0 bridgehead atoms. The Hall–Kier alpha value is -1.79. The zero-order chi connectivity index (χ0) is 28.1. The topological polar surface area (TPSA) is 65.3 Å². The molecule has 0 spiro atoms. The quantitative estimate of drug-likeness (QED) is 0.203. The third kappa shape index (κ3) is 5.72. The standard InChI is InChI=1S/C28H44ClN5O2Si2/c1-27(2,3)37(7,8)35-17-21(18-36-38(9,10)28(4,5)6)34-19-30-23-24(31-26(29)32-25(23)34)33-16-15-20-13-11-12-14-22(20)33/h11-14,19,21H,15-18H2,1-10H3. The van der Waals surface area contributed by atoms with Crippen molar-refractivity contribution in [2.45, 2.75) is 90.3 Å². The van der Waals surface area contributed by atoms with E-state index in [-0.39, 0.29) is 21.4 Å². The highest BCUT2D eigenvalue weighted by molar-refractivity contribution is 6.74. The van der Waals surface area contributed by atoms with Crippen molar-refractivity contribution in [3.63, 3.8) is 0 Å². The van der Waals surface area contributed by atoms with E-state index >= 15 is 0 Å². The Morgan fingerprint density at radius 3 is 2.08 bits per heavy atom. The average molecular weight is 574 g/mol. The minimum atomic E-state index is -1.99. The van der Waals surface area contributed by atoms with Crippen LogP contribution < -0.4 is 4.90 Å². The second kappa shape index (κ2) is 10.3. The van der Waals surface area contributed by atoms with Crippen LogP contribution in [-0.2, 0) is 15.3 Å². The summed E-state index contributed by atoms with van der Waals surface area (Å²) in [6, 6.07) is 8.34. The Balaban J connectivity index is 1.73. The molecule has 0 amide bonds. The first-order valence-electron chi connectivity index (χ1n) is 13.6. The molecule has 0 radical (unpaired) electrons. The van der Waals surface area contributed by atoms with E-state index in [2.05, 4.69) is 111 Å². The summed E-state index contributed by atoms with van der Waals surface area (Å²) >= 11 is 6.54. The van der Waals surface area contributed by atoms with Gasteiger partial charge in [-0.15, -0.1) is 0 Å². The van der Waals surface area contributed by atoms with E-state index < -0.39 is 16.6 Å². The summed E-state index contributed by atoms with van der Waals surface area (Å²) < 4.78 is 15.5. The highest BCUT2D eigenvalue weighted by atomic mass is 35.5. The van der Waals surface area contributed by atoms with Gasteiger partial charge in [0.25, 0.3) is 0 Å². The maximum atomic E-state index is 6.73. The molecule has 0 atom stereocenters. The van der Waals surface area contributed by atoms with Gasteiger partial charge in [0.15, 0.2) is 33.6 Å². The highest BCUT2D eigenvalue weighted by Crippen LogP contribution is 2.40. The van der Waals surface area contributed by atoms with Crippen LogP contribution >= 0.6 is 11.6 Å². The van der Waals surface area contributed by atoms with Crippen LogP contribution in [0.3, 0.4) is 0 Å². The number of aromatic nitrogens is 4. The number of rotatable bonds is 8. The van der Waals surface area contributed by atoms with Gasteiger partial charge in [0.05, 0.1) is 25.6 Å². The summed E-state index contributed by atoms with van der Waals surface area (Å²) in [4.78, 5) is 16.4. The Morgan fingerprint density at radius 1 is 0.921 bits per heavy atom. The lowest BCUT2D eigenvalue weighted by Gasteiger charge is -2.39. The zero-order valence-electron chi connectivity index (χ0n) is 24.7. The van der Waals surface area contributed by atoms with Crippen molar-refractivity contribution in [3.8, 4) is 0 Å². The highest BCUT2D eigenvalue weighted by Gasteiger charge is 2.40. The largest absolute Gasteiger partial charge is 0.415 e. The van der Waals surface area contributed by atoms with E-state index in [1.165, 1.54) is 5.56 Å². The average Bonchev–Trinajstić information content (AvgIpc) is 3.41.